The molecule has 5 nitrogen and oxygen atoms in total. The zero-order valence-corrected chi connectivity index (χ0v) is 6.96. The van der Waals surface area contributed by atoms with E-state index in [-0.39, 0.29) is 20.0 Å². The Morgan fingerprint density at radius 2 is 1.91 bits per heavy atom. The first-order valence-electron chi connectivity index (χ1n) is 3.12. The molecular formula is C5H10O5S. The first-order valence-corrected chi connectivity index (χ1v) is 4.93. The van der Waals surface area contributed by atoms with Crippen molar-refractivity contribution in [1.82, 2.24) is 0 Å². The van der Waals surface area contributed by atoms with Gasteiger partial charge in [-0.15, -0.1) is 0 Å². The molecule has 0 aromatic heterocycles. The van der Waals surface area contributed by atoms with Crippen LogP contribution >= 0.6 is 0 Å². The fourth-order valence-electron chi connectivity index (χ4n) is 0.769. The van der Waals surface area contributed by atoms with Crippen molar-refractivity contribution in [2.45, 2.75) is 6.10 Å². The van der Waals surface area contributed by atoms with Crippen LogP contribution in [0.3, 0.4) is 0 Å². The van der Waals surface area contributed by atoms with Crippen molar-refractivity contribution in [1.29, 1.82) is 0 Å². The second-order valence-electron chi connectivity index (χ2n) is 2.28. The van der Waals surface area contributed by atoms with Gasteiger partial charge < -0.3 is 9.47 Å². The highest BCUT2D eigenvalue weighted by Crippen LogP contribution is 2.04. The van der Waals surface area contributed by atoms with Gasteiger partial charge in [-0.1, -0.05) is 0 Å². The van der Waals surface area contributed by atoms with E-state index in [0.717, 1.165) is 6.26 Å². The lowest BCUT2D eigenvalue weighted by Gasteiger charge is -2.20. The van der Waals surface area contributed by atoms with Gasteiger partial charge in [-0.3, -0.25) is 4.18 Å². The average molecular weight is 182 g/mol. The Hall–Kier alpha value is -0.170. The predicted molar refractivity (Wildman–Crippen MR) is 36.5 cm³/mol. The first-order chi connectivity index (χ1) is 5.08. The number of rotatable bonds is 2. The fraction of sp³-hybridized carbons (Fsp3) is 1.00. The Morgan fingerprint density at radius 3 is 2.36 bits per heavy atom. The number of hydrogen-bond acceptors (Lipinski definition) is 5. The van der Waals surface area contributed by atoms with Crippen LogP contribution in [0.2, 0.25) is 0 Å². The topological polar surface area (TPSA) is 61.8 Å². The van der Waals surface area contributed by atoms with E-state index in [4.69, 9.17) is 9.47 Å². The van der Waals surface area contributed by atoms with Crippen molar-refractivity contribution >= 4 is 10.1 Å². The van der Waals surface area contributed by atoms with Crippen molar-refractivity contribution in [3.8, 4) is 0 Å². The van der Waals surface area contributed by atoms with E-state index in [1.54, 1.807) is 0 Å². The van der Waals surface area contributed by atoms with Crippen LogP contribution < -0.4 is 0 Å². The second-order valence-corrected chi connectivity index (χ2v) is 3.88. The third-order valence-electron chi connectivity index (χ3n) is 1.09. The van der Waals surface area contributed by atoms with Gasteiger partial charge in [0.05, 0.1) is 19.5 Å². The quantitative estimate of drug-likeness (QED) is 0.530. The molecule has 0 aromatic rings. The Balaban J connectivity index is 2.36. The molecule has 0 amide bonds. The molecule has 1 saturated heterocycles. The van der Waals surface area contributed by atoms with E-state index in [1.165, 1.54) is 0 Å². The van der Waals surface area contributed by atoms with Gasteiger partial charge >= 0.3 is 0 Å². The Morgan fingerprint density at radius 1 is 1.36 bits per heavy atom. The van der Waals surface area contributed by atoms with Crippen molar-refractivity contribution in [3.05, 3.63) is 0 Å². The molecule has 1 rings (SSSR count). The zero-order chi connectivity index (χ0) is 8.32. The van der Waals surface area contributed by atoms with Gasteiger partial charge in [-0.05, 0) is 0 Å². The highest BCUT2D eigenvalue weighted by Gasteiger charge is 2.19. The van der Waals surface area contributed by atoms with Crippen molar-refractivity contribution in [2.24, 2.45) is 0 Å². The van der Waals surface area contributed by atoms with E-state index in [2.05, 4.69) is 4.18 Å². The average Bonchev–Trinajstić information content (AvgIpc) is 1.85. The van der Waals surface area contributed by atoms with Crippen LogP contribution in [0.5, 0.6) is 0 Å². The Kier molecular flexibility index (Phi) is 2.83. The lowest BCUT2D eigenvalue weighted by Crippen LogP contribution is -2.33. The molecule has 66 valence electrons. The van der Waals surface area contributed by atoms with E-state index >= 15 is 0 Å². The SMILES string of the molecule is CS(=O)(=O)OC1COCOC1. The number of ether oxygens (including phenoxy) is 2. The molecule has 1 fully saturated rings. The van der Waals surface area contributed by atoms with Crippen molar-refractivity contribution in [2.75, 3.05) is 26.3 Å². The summed E-state index contributed by atoms with van der Waals surface area (Å²) >= 11 is 0. The largest absolute Gasteiger partial charge is 0.353 e. The van der Waals surface area contributed by atoms with Crippen LogP contribution in [0.1, 0.15) is 0 Å². The van der Waals surface area contributed by atoms with Crippen LogP contribution in [-0.2, 0) is 23.8 Å². The summed E-state index contributed by atoms with van der Waals surface area (Å²) in [6.07, 6.45) is 0.514. The molecule has 0 radical (unpaired) electrons. The molecule has 0 N–H and O–H groups in total. The minimum Gasteiger partial charge on any atom is -0.353 e. The van der Waals surface area contributed by atoms with E-state index < -0.39 is 16.2 Å². The minimum atomic E-state index is -3.38. The maximum atomic E-state index is 10.6. The molecule has 0 aromatic carbocycles. The fourth-order valence-corrected chi connectivity index (χ4v) is 1.37. The lowest BCUT2D eigenvalue weighted by atomic mass is 10.4. The van der Waals surface area contributed by atoms with E-state index in [1.807, 2.05) is 0 Å². The van der Waals surface area contributed by atoms with Crippen LogP contribution in [-0.4, -0.2) is 40.8 Å². The summed E-state index contributed by atoms with van der Waals surface area (Å²) in [5, 5.41) is 0. The van der Waals surface area contributed by atoms with Gasteiger partial charge in [0.2, 0.25) is 0 Å². The second kappa shape index (κ2) is 3.48. The molecule has 1 heterocycles. The third-order valence-corrected chi connectivity index (χ3v) is 1.71. The highest BCUT2D eigenvalue weighted by atomic mass is 32.2. The van der Waals surface area contributed by atoms with Gasteiger partial charge in [-0.2, -0.15) is 8.42 Å². The summed E-state index contributed by atoms with van der Waals surface area (Å²) in [5.74, 6) is 0. The minimum absolute atomic E-state index is 0.212. The smallest absolute Gasteiger partial charge is 0.264 e. The molecule has 0 bridgehead atoms. The molecule has 0 aliphatic carbocycles. The first kappa shape index (κ1) is 8.92. The summed E-state index contributed by atoms with van der Waals surface area (Å²) in [7, 11) is -3.38. The van der Waals surface area contributed by atoms with Crippen LogP contribution in [0.15, 0.2) is 0 Å². The highest BCUT2D eigenvalue weighted by molar-refractivity contribution is 7.86. The summed E-state index contributed by atoms with van der Waals surface area (Å²) in [4.78, 5) is 0. The van der Waals surface area contributed by atoms with Gasteiger partial charge in [0.25, 0.3) is 10.1 Å². The normalized spacial score (nSPS) is 21.9. The van der Waals surface area contributed by atoms with Gasteiger partial charge in [0.15, 0.2) is 0 Å². The molecule has 6 heteroatoms. The monoisotopic (exact) mass is 182 g/mol. The summed E-state index contributed by atoms with van der Waals surface area (Å²) in [6, 6.07) is 0. The van der Waals surface area contributed by atoms with Crippen molar-refractivity contribution in [3.63, 3.8) is 0 Å². The number of hydrogen-bond donors (Lipinski definition) is 0. The van der Waals surface area contributed by atoms with Gasteiger partial charge in [0.1, 0.15) is 12.9 Å². The molecule has 0 saturated carbocycles. The maximum absolute atomic E-state index is 10.6. The molecule has 1 aliphatic heterocycles. The molecule has 1 aliphatic rings. The van der Waals surface area contributed by atoms with Gasteiger partial charge in [0, 0.05) is 0 Å². The van der Waals surface area contributed by atoms with Gasteiger partial charge in [-0.25, -0.2) is 0 Å². The zero-order valence-electron chi connectivity index (χ0n) is 6.15. The van der Waals surface area contributed by atoms with Crippen molar-refractivity contribution < 1.29 is 22.1 Å². The molecule has 11 heavy (non-hydrogen) atoms. The van der Waals surface area contributed by atoms with E-state index in [9.17, 15) is 8.42 Å². The Bertz CT molecular complexity index is 203. The maximum Gasteiger partial charge on any atom is 0.264 e. The van der Waals surface area contributed by atoms with E-state index in [0.29, 0.717) is 0 Å². The standard InChI is InChI=1S/C5H10O5S/c1-11(6,7)10-5-2-8-4-9-3-5/h5H,2-4H2,1H3. The summed E-state index contributed by atoms with van der Waals surface area (Å²) < 4.78 is 35.4. The Labute approximate surface area is 65.4 Å². The molecular weight excluding hydrogens is 172 g/mol. The lowest BCUT2D eigenvalue weighted by molar-refractivity contribution is -0.142. The third kappa shape index (κ3) is 3.66. The van der Waals surface area contributed by atoms with Crippen LogP contribution in [0.25, 0.3) is 0 Å². The van der Waals surface area contributed by atoms with Crippen LogP contribution in [0.4, 0.5) is 0 Å². The van der Waals surface area contributed by atoms with Crippen LogP contribution in [0, 0.1) is 0 Å². The molecule has 0 spiro atoms. The summed E-state index contributed by atoms with van der Waals surface area (Å²) in [6.45, 7) is 0.754. The predicted octanol–water partition coefficient (Wildman–Crippen LogP) is -0.665. The summed E-state index contributed by atoms with van der Waals surface area (Å²) in [5.41, 5.74) is 0. The molecule has 0 atom stereocenters. The molecule has 0 unspecified atom stereocenters.